The maximum Gasteiger partial charge on any atom is 0.365 e. The van der Waals surface area contributed by atoms with E-state index in [0.29, 0.717) is 3.97 Å². The molecule has 0 radical (unpaired) electrons. The molecule has 0 spiro atoms. The lowest BCUT2D eigenvalue weighted by Gasteiger charge is -2.09. The molecule has 2 aromatic heterocycles. The molecule has 0 aliphatic rings. The SMILES string of the molecule is O=c1[nH]c2ncn(S(=O)(=O)c3ccccc3)c2c(=O)n1OS(=O)(=O)c1ccccc1. The second kappa shape index (κ2) is 6.96. The van der Waals surface area contributed by atoms with Gasteiger partial charge in [-0.05, 0) is 24.3 Å². The molecule has 13 heteroatoms. The largest absolute Gasteiger partial charge is 0.365 e. The Morgan fingerprint density at radius 1 is 0.833 bits per heavy atom. The van der Waals surface area contributed by atoms with Crippen molar-refractivity contribution in [3.8, 4) is 0 Å². The van der Waals surface area contributed by atoms with Crippen LogP contribution in [0.25, 0.3) is 11.2 Å². The van der Waals surface area contributed by atoms with Crippen LogP contribution in [0.3, 0.4) is 0 Å². The third-order valence-corrected chi connectivity index (χ3v) is 6.90. The Morgan fingerprint density at radius 3 is 2.00 bits per heavy atom. The van der Waals surface area contributed by atoms with Crippen molar-refractivity contribution < 1.29 is 21.1 Å². The maximum atomic E-state index is 12.9. The van der Waals surface area contributed by atoms with Crippen LogP contribution in [0.2, 0.25) is 0 Å². The molecule has 2 heterocycles. The molecule has 0 unspecified atom stereocenters. The van der Waals surface area contributed by atoms with E-state index in [1.54, 1.807) is 12.1 Å². The molecule has 30 heavy (non-hydrogen) atoms. The number of hydrogen-bond donors (Lipinski definition) is 1. The molecule has 0 fully saturated rings. The van der Waals surface area contributed by atoms with Gasteiger partial charge in [0.05, 0.1) is 4.90 Å². The van der Waals surface area contributed by atoms with Crippen LogP contribution in [-0.4, -0.2) is 35.5 Å². The van der Waals surface area contributed by atoms with Crippen LogP contribution in [0.4, 0.5) is 0 Å². The number of nitrogens with zero attached hydrogens (tertiary/aromatic N) is 3. The maximum absolute atomic E-state index is 12.9. The minimum Gasteiger partial charge on any atom is -0.287 e. The highest BCUT2D eigenvalue weighted by Gasteiger charge is 2.26. The summed E-state index contributed by atoms with van der Waals surface area (Å²) in [6.07, 6.45) is 0.834. The fourth-order valence-electron chi connectivity index (χ4n) is 2.65. The quantitative estimate of drug-likeness (QED) is 0.446. The lowest BCUT2D eigenvalue weighted by Crippen LogP contribution is -2.42. The summed E-state index contributed by atoms with van der Waals surface area (Å²) in [6.45, 7) is 0. The van der Waals surface area contributed by atoms with Crippen molar-refractivity contribution in [1.29, 1.82) is 0 Å². The Bertz CT molecular complexity index is 1570. The molecular weight excluding hydrogens is 436 g/mol. The minimum atomic E-state index is -4.55. The summed E-state index contributed by atoms with van der Waals surface area (Å²) in [5.74, 6) is 0. The number of imidazole rings is 1. The van der Waals surface area contributed by atoms with Crippen molar-refractivity contribution in [2.45, 2.75) is 9.79 Å². The molecule has 2 aromatic carbocycles. The Labute approximate surface area is 169 Å². The fourth-order valence-corrected chi connectivity index (χ4v) is 4.86. The van der Waals surface area contributed by atoms with Crippen molar-refractivity contribution in [2.75, 3.05) is 0 Å². The molecule has 0 saturated heterocycles. The fraction of sp³-hybridized carbons (Fsp3) is 0. The third kappa shape index (κ3) is 3.19. The van der Waals surface area contributed by atoms with Crippen LogP contribution in [-0.2, 0) is 20.1 Å². The highest BCUT2D eigenvalue weighted by atomic mass is 32.2. The standard InChI is InChI=1S/C17H12N4O7S2/c22-16-14-15(18-11-20(14)29(24,25)12-7-3-1-4-8-12)19-17(23)21(16)28-30(26,27)13-9-5-2-6-10-13/h1-11H,(H,19,23). The first kappa shape index (κ1) is 19.6. The van der Waals surface area contributed by atoms with Gasteiger partial charge in [-0.25, -0.2) is 22.2 Å². The van der Waals surface area contributed by atoms with Crippen LogP contribution in [0.1, 0.15) is 0 Å². The van der Waals surface area contributed by atoms with Gasteiger partial charge in [0.25, 0.3) is 10.0 Å². The Morgan fingerprint density at radius 2 is 1.40 bits per heavy atom. The predicted molar refractivity (Wildman–Crippen MR) is 104 cm³/mol. The first-order valence-electron chi connectivity index (χ1n) is 8.25. The van der Waals surface area contributed by atoms with E-state index in [9.17, 15) is 26.4 Å². The van der Waals surface area contributed by atoms with E-state index in [0.717, 1.165) is 6.33 Å². The van der Waals surface area contributed by atoms with Crippen LogP contribution in [0.5, 0.6) is 0 Å². The second-order valence-corrected chi connectivity index (χ2v) is 9.27. The van der Waals surface area contributed by atoms with E-state index in [-0.39, 0.29) is 20.2 Å². The molecule has 11 nitrogen and oxygen atoms in total. The van der Waals surface area contributed by atoms with E-state index in [1.807, 2.05) is 0 Å². The lowest BCUT2D eigenvalue weighted by atomic mass is 10.4. The van der Waals surface area contributed by atoms with Gasteiger partial charge in [0.2, 0.25) is 0 Å². The highest BCUT2D eigenvalue weighted by molar-refractivity contribution is 7.90. The molecule has 1 N–H and O–H groups in total. The average molecular weight is 448 g/mol. The summed E-state index contributed by atoms with van der Waals surface area (Å²) in [5.41, 5.74) is -3.48. The zero-order valence-electron chi connectivity index (χ0n) is 14.9. The van der Waals surface area contributed by atoms with Crippen molar-refractivity contribution in [1.82, 2.24) is 18.7 Å². The number of H-pyrrole nitrogens is 1. The monoisotopic (exact) mass is 448 g/mol. The zero-order chi connectivity index (χ0) is 21.5. The van der Waals surface area contributed by atoms with Gasteiger partial charge in [-0.2, -0.15) is 8.42 Å². The minimum absolute atomic E-state index is 0.0661. The number of nitrogens with one attached hydrogen (secondary N) is 1. The van der Waals surface area contributed by atoms with Crippen LogP contribution >= 0.6 is 0 Å². The van der Waals surface area contributed by atoms with Gasteiger partial charge >= 0.3 is 21.4 Å². The van der Waals surface area contributed by atoms with E-state index in [4.69, 9.17) is 4.28 Å². The second-order valence-electron chi connectivity index (χ2n) is 5.93. The molecule has 154 valence electrons. The van der Waals surface area contributed by atoms with Crippen molar-refractivity contribution >= 4 is 31.3 Å². The third-order valence-electron chi connectivity index (χ3n) is 4.04. The summed E-state index contributed by atoms with van der Waals surface area (Å²) in [6, 6.07) is 14.0. The van der Waals surface area contributed by atoms with Crippen molar-refractivity contribution in [2.24, 2.45) is 0 Å². The topological polar surface area (TPSA) is 150 Å². The summed E-state index contributed by atoms with van der Waals surface area (Å²) in [5, 5.41) is 0. The molecule has 0 saturated carbocycles. The first-order valence-corrected chi connectivity index (χ1v) is 11.1. The number of aromatic nitrogens is 4. The Balaban J connectivity index is 1.92. The summed E-state index contributed by atoms with van der Waals surface area (Å²) in [7, 11) is -8.80. The summed E-state index contributed by atoms with van der Waals surface area (Å²) >= 11 is 0. The number of rotatable bonds is 5. The molecule has 0 amide bonds. The van der Waals surface area contributed by atoms with Gasteiger partial charge in [-0.15, -0.1) is 0 Å². The van der Waals surface area contributed by atoms with Gasteiger partial charge in [-0.3, -0.25) is 14.1 Å². The number of benzene rings is 2. The number of fused-ring (bicyclic) bond motifs is 1. The van der Waals surface area contributed by atoms with Crippen LogP contribution in [0.15, 0.2) is 86.4 Å². The molecule has 0 bridgehead atoms. The molecule has 0 atom stereocenters. The predicted octanol–water partition coefficient (Wildman–Crippen LogP) is -0.0592. The van der Waals surface area contributed by atoms with E-state index >= 15 is 0 Å². The van der Waals surface area contributed by atoms with E-state index in [2.05, 4.69) is 9.97 Å². The van der Waals surface area contributed by atoms with Crippen LogP contribution in [0, 0.1) is 0 Å². The average Bonchev–Trinajstić information content (AvgIpc) is 3.17. The van der Waals surface area contributed by atoms with Gasteiger partial charge in [0.15, 0.2) is 11.2 Å². The smallest absolute Gasteiger partial charge is 0.287 e. The number of aromatic amines is 1. The van der Waals surface area contributed by atoms with Gasteiger partial charge in [0.1, 0.15) is 11.2 Å². The molecule has 4 rings (SSSR count). The number of hydrogen-bond acceptors (Lipinski definition) is 8. The van der Waals surface area contributed by atoms with Gasteiger partial charge < -0.3 is 0 Å². The summed E-state index contributed by atoms with van der Waals surface area (Å²) < 4.78 is 55.8. The molecule has 0 aliphatic heterocycles. The Hall–Kier alpha value is -3.71. The Kier molecular flexibility index (Phi) is 4.55. The van der Waals surface area contributed by atoms with Crippen LogP contribution < -0.4 is 15.5 Å². The molecular formula is C17H12N4O7S2. The van der Waals surface area contributed by atoms with E-state index in [1.165, 1.54) is 48.5 Å². The lowest BCUT2D eigenvalue weighted by molar-refractivity contribution is 0.253. The van der Waals surface area contributed by atoms with Crippen molar-refractivity contribution in [3.05, 3.63) is 87.8 Å². The van der Waals surface area contributed by atoms with Crippen molar-refractivity contribution in [3.63, 3.8) is 0 Å². The first-order chi connectivity index (χ1) is 14.2. The molecule has 4 aromatic rings. The summed E-state index contributed by atoms with van der Waals surface area (Å²) in [4.78, 5) is 30.5. The highest BCUT2D eigenvalue weighted by Crippen LogP contribution is 2.16. The van der Waals surface area contributed by atoms with E-state index < -0.39 is 36.9 Å². The van der Waals surface area contributed by atoms with Gasteiger partial charge in [0, 0.05) is 0 Å². The normalized spacial score (nSPS) is 12.1. The zero-order valence-corrected chi connectivity index (χ0v) is 16.5. The van der Waals surface area contributed by atoms with Gasteiger partial charge in [-0.1, -0.05) is 41.1 Å². The molecule has 0 aliphatic carbocycles.